The summed E-state index contributed by atoms with van der Waals surface area (Å²) < 4.78 is 10.5. The van der Waals surface area contributed by atoms with Gasteiger partial charge < -0.3 is 9.47 Å². The molecule has 2 aromatic rings. The summed E-state index contributed by atoms with van der Waals surface area (Å²) in [6, 6.07) is 15.2. The Labute approximate surface area is 118 Å². The molecule has 3 nitrogen and oxygen atoms in total. The summed E-state index contributed by atoms with van der Waals surface area (Å²) in [7, 11) is 3.24. The van der Waals surface area contributed by atoms with E-state index in [1.54, 1.807) is 20.3 Å². The number of benzene rings is 2. The first-order valence-corrected chi connectivity index (χ1v) is 6.23. The van der Waals surface area contributed by atoms with Gasteiger partial charge in [-0.3, -0.25) is 4.79 Å². The van der Waals surface area contributed by atoms with Crippen molar-refractivity contribution < 1.29 is 14.3 Å². The quantitative estimate of drug-likeness (QED) is 0.616. The third-order valence-electron chi connectivity index (χ3n) is 3.03. The number of ether oxygens (including phenoxy) is 2. The van der Waals surface area contributed by atoms with Crippen LogP contribution in [-0.2, 0) is 4.79 Å². The summed E-state index contributed by atoms with van der Waals surface area (Å²) in [4.78, 5) is 10.9. The maximum Gasteiger partial charge on any atom is 0.143 e. The Morgan fingerprint density at radius 1 is 0.950 bits per heavy atom. The molecule has 0 saturated heterocycles. The van der Waals surface area contributed by atoms with E-state index in [1.165, 1.54) is 0 Å². The fourth-order valence-electron chi connectivity index (χ4n) is 2.05. The summed E-state index contributed by atoms with van der Waals surface area (Å²) in [6.07, 6.45) is 2.33. The van der Waals surface area contributed by atoms with Gasteiger partial charge in [-0.2, -0.15) is 0 Å². The zero-order chi connectivity index (χ0) is 14.4. The van der Waals surface area contributed by atoms with Gasteiger partial charge in [0.1, 0.15) is 17.8 Å². The lowest BCUT2D eigenvalue weighted by atomic mass is 9.97. The van der Waals surface area contributed by atoms with Gasteiger partial charge in [-0.25, -0.2) is 0 Å². The molecule has 0 aliphatic rings. The van der Waals surface area contributed by atoms with Gasteiger partial charge in [-0.15, -0.1) is 0 Å². The Bertz CT molecular complexity index is 612. The molecule has 20 heavy (non-hydrogen) atoms. The van der Waals surface area contributed by atoms with Crippen LogP contribution in [-0.4, -0.2) is 20.5 Å². The van der Waals surface area contributed by atoms with Crippen molar-refractivity contribution in [3.05, 3.63) is 65.7 Å². The molecule has 0 unspecified atom stereocenters. The second-order valence-corrected chi connectivity index (χ2v) is 4.15. The number of methoxy groups -OCH3 is 2. The average molecular weight is 268 g/mol. The molecule has 102 valence electrons. The Morgan fingerprint density at radius 2 is 1.65 bits per heavy atom. The molecule has 0 saturated carbocycles. The van der Waals surface area contributed by atoms with E-state index in [0.29, 0.717) is 0 Å². The van der Waals surface area contributed by atoms with E-state index < -0.39 is 0 Å². The normalized spacial score (nSPS) is 11.0. The van der Waals surface area contributed by atoms with Crippen LogP contribution in [0.4, 0.5) is 0 Å². The number of para-hydroxylation sites is 1. The molecule has 0 fully saturated rings. The first kappa shape index (κ1) is 13.9. The summed E-state index contributed by atoms with van der Waals surface area (Å²) >= 11 is 0. The number of carbonyl (C=O) groups excluding carboxylic acids is 1. The van der Waals surface area contributed by atoms with E-state index in [4.69, 9.17) is 9.47 Å². The topological polar surface area (TPSA) is 35.5 Å². The highest BCUT2D eigenvalue weighted by atomic mass is 16.5. The first-order valence-electron chi connectivity index (χ1n) is 6.23. The van der Waals surface area contributed by atoms with Crippen LogP contribution in [0.5, 0.6) is 11.5 Å². The fourth-order valence-corrected chi connectivity index (χ4v) is 2.05. The molecule has 0 radical (unpaired) electrons. The minimum absolute atomic E-state index is 0.733. The van der Waals surface area contributed by atoms with Crippen LogP contribution in [0.3, 0.4) is 0 Å². The molecule has 0 bridgehead atoms. The van der Waals surface area contributed by atoms with Crippen molar-refractivity contribution in [1.82, 2.24) is 0 Å². The predicted molar refractivity (Wildman–Crippen MR) is 79.1 cm³/mol. The highest BCUT2D eigenvalue weighted by molar-refractivity contribution is 5.91. The number of allylic oxidation sites excluding steroid dienone is 1. The van der Waals surface area contributed by atoms with Crippen LogP contribution >= 0.6 is 0 Å². The van der Waals surface area contributed by atoms with Gasteiger partial charge in [-0.05, 0) is 35.4 Å². The molecule has 2 rings (SSSR count). The van der Waals surface area contributed by atoms with Crippen molar-refractivity contribution >= 4 is 11.9 Å². The molecule has 0 N–H and O–H groups in total. The molecule has 0 aliphatic heterocycles. The Balaban J connectivity index is 2.50. The van der Waals surface area contributed by atoms with Crippen molar-refractivity contribution in [3.8, 4) is 11.5 Å². The Morgan fingerprint density at radius 3 is 2.25 bits per heavy atom. The van der Waals surface area contributed by atoms with Crippen molar-refractivity contribution in [2.24, 2.45) is 0 Å². The molecular weight excluding hydrogens is 252 g/mol. The van der Waals surface area contributed by atoms with E-state index in [-0.39, 0.29) is 0 Å². The SMILES string of the molecule is COc1ccc(/C(=C/C=O)c2ccccc2OC)cc1. The first-order chi connectivity index (χ1) is 9.80. The van der Waals surface area contributed by atoms with Crippen molar-refractivity contribution in [3.63, 3.8) is 0 Å². The average Bonchev–Trinajstić information content (AvgIpc) is 2.53. The van der Waals surface area contributed by atoms with E-state index in [2.05, 4.69) is 0 Å². The largest absolute Gasteiger partial charge is 0.497 e. The van der Waals surface area contributed by atoms with Crippen LogP contribution in [0.15, 0.2) is 54.6 Å². The molecule has 0 aliphatic carbocycles. The Hall–Kier alpha value is -2.55. The van der Waals surface area contributed by atoms with Gasteiger partial charge in [0.15, 0.2) is 0 Å². The minimum Gasteiger partial charge on any atom is -0.497 e. The van der Waals surface area contributed by atoms with E-state index in [9.17, 15) is 4.79 Å². The number of hydrogen-bond acceptors (Lipinski definition) is 3. The highest BCUT2D eigenvalue weighted by Crippen LogP contribution is 2.31. The number of rotatable bonds is 5. The maximum absolute atomic E-state index is 10.9. The van der Waals surface area contributed by atoms with E-state index in [0.717, 1.165) is 34.5 Å². The third-order valence-corrected chi connectivity index (χ3v) is 3.03. The summed E-state index contributed by atoms with van der Waals surface area (Å²) in [6.45, 7) is 0. The zero-order valence-corrected chi connectivity index (χ0v) is 11.5. The highest BCUT2D eigenvalue weighted by Gasteiger charge is 2.10. The molecule has 0 aromatic heterocycles. The van der Waals surface area contributed by atoms with Crippen molar-refractivity contribution in [2.45, 2.75) is 0 Å². The Kier molecular flexibility index (Phi) is 4.56. The zero-order valence-electron chi connectivity index (χ0n) is 11.5. The summed E-state index contributed by atoms with van der Waals surface area (Å²) in [5.74, 6) is 1.51. The second-order valence-electron chi connectivity index (χ2n) is 4.15. The van der Waals surface area contributed by atoms with Crippen LogP contribution < -0.4 is 9.47 Å². The molecule has 2 aromatic carbocycles. The third kappa shape index (κ3) is 2.88. The van der Waals surface area contributed by atoms with Gasteiger partial charge in [-0.1, -0.05) is 30.3 Å². The van der Waals surface area contributed by atoms with E-state index in [1.807, 2.05) is 48.5 Å². The minimum atomic E-state index is 0.733. The smallest absolute Gasteiger partial charge is 0.143 e. The van der Waals surface area contributed by atoms with Crippen LogP contribution in [0.1, 0.15) is 11.1 Å². The monoisotopic (exact) mass is 268 g/mol. The number of aldehydes is 1. The van der Waals surface area contributed by atoms with Gasteiger partial charge in [0.2, 0.25) is 0 Å². The van der Waals surface area contributed by atoms with Crippen LogP contribution in [0.2, 0.25) is 0 Å². The van der Waals surface area contributed by atoms with Crippen molar-refractivity contribution in [2.75, 3.05) is 14.2 Å². The predicted octanol–water partition coefficient (Wildman–Crippen LogP) is 3.33. The lowest BCUT2D eigenvalue weighted by Crippen LogP contribution is -1.94. The molecular formula is C17H16O3. The lowest BCUT2D eigenvalue weighted by Gasteiger charge is -2.12. The van der Waals surface area contributed by atoms with Gasteiger partial charge in [0.25, 0.3) is 0 Å². The van der Waals surface area contributed by atoms with E-state index >= 15 is 0 Å². The van der Waals surface area contributed by atoms with Gasteiger partial charge in [0.05, 0.1) is 14.2 Å². The summed E-state index contributed by atoms with van der Waals surface area (Å²) in [5, 5.41) is 0. The van der Waals surface area contributed by atoms with Crippen LogP contribution in [0, 0.1) is 0 Å². The van der Waals surface area contributed by atoms with Crippen molar-refractivity contribution in [1.29, 1.82) is 0 Å². The molecule has 0 spiro atoms. The number of carbonyl (C=O) groups is 1. The standard InChI is InChI=1S/C17H16O3/c1-19-14-9-7-13(8-10-14)15(11-12-18)16-5-3-4-6-17(16)20-2/h3-12H,1-2H3/b15-11-. The lowest BCUT2D eigenvalue weighted by molar-refractivity contribution is -0.104. The molecule has 0 amide bonds. The maximum atomic E-state index is 10.9. The molecule has 3 heteroatoms. The molecule has 0 atom stereocenters. The fraction of sp³-hybridized carbons (Fsp3) is 0.118. The molecule has 0 heterocycles. The number of hydrogen-bond donors (Lipinski definition) is 0. The second kappa shape index (κ2) is 6.57. The summed E-state index contributed by atoms with van der Waals surface area (Å²) in [5.41, 5.74) is 2.63. The van der Waals surface area contributed by atoms with Gasteiger partial charge in [0, 0.05) is 5.56 Å². The van der Waals surface area contributed by atoms with Crippen LogP contribution in [0.25, 0.3) is 5.57 Å². The van der Waals surface area contributed by atoms with Gasteiger partial charge >= 0.3 is 0 Å².